The number of nitrogens with two attached hydrogens (primary N) is 2. The molecule has 6 N–H and O–H groups in total. The minimum atomic E-state index is -1.24. The van der Waals surface area contributed by atoms with E-state index >= 15 is 0 Å². The second-order valence-corrected chi connectivity index (χ2v) is 2.29. The number of primary amides is 1. The number of carbonyl (C=O) groups is 2. The van der Waals surface area contributed by atoms with Crippen molar-refractivity contribution in [3.8, 4) is 0 Å². The monoisotopic (exact) mass is 197 g/mol. The van der Waals surface area contributed by atoms with Gasteiger partial charge in [0.05, 0.1) is 0 Å². The lowest BCUT2D eigenvalue weighted by Gasteiger charge is -2.02. The Morgan fingerprint density at radius 2 is 2.14 bits per heavy atom. The van der Waals surface area contributed by atoms with Gasteiger partial charge in [0.15, 0.2) is 0 Å². The molecule has 0 saturated carbocycles. The third-order valence-electron chi connectivity index (χ3n) is 1.28. The predicted octanol–water partition coefficient (Wildman–Crippen LogP) is -0.752. The number of amides is 2. The lowest BCUT2D eigenvalue weighted by atomic mass is 10.3. The summed E-state index contributed by atoms with van der Waals surface area (Å²) in [6.07, 6.45) is 0.982. The highest BCUT2D eigenvalue weighted by Crippen LogP contribution is 2.09. The number of hydrogen-bond acceptors (Lipinski definition) is 5. The minimum Gasteiger partial charge on any atom is -0.477 e. The summed E-state index contributed by atoms with van der Waals surface area (Å²) in [4.78, 5) is 27.9. The molecule has 1 heterocycles. The van der Waals surface area contributed by atoms with E-state index in [9.17, 15) is 9.59 Å². The number of urea groups is 1. The van der Waals surface area contributed by atoms with Crippen molar-refractivity contribution < 1.29 is 14.7 Å². The number of carboxylic acid groups (broad SMARTS) is 1. The van der Waals surface area contributed by atoms with Gasteiger partial charge in [-0.2, -0.15) is 4.98 Å². The lowest BCUT2D eigenvalue weighted by Crippen LogP contribution is -2.21. The average Bonchev–Trinajstić information content (AvgIpc) is 2.01. The first-order valence-electron chi connectivity index (χ1n) is 3.43. The van der Waals surface area contributed by atoms with Crippen LogP contribution in [0.4, 0.5) is 16.6 Å². The normalized spacial score (nSPS) is 9.43. The lowest BCUT2D eigenvalue weighted by molar-refractivity contribution is 0.0697. The number of anilines is 2. The van der Waals surface area contributed by atoms with Crippen molar-refractivity contribution in [2.75, 3.05) is 11.1 Å². The van der Waals surface area contributed by atoms with Crippen LogP contribution in [0.25, 0.3) is 0 Å². The van der Waals surface area contributed by atoms with Gasteiger partial charge in [-0.25, -0.2) is 14.6 Å². The average molecular weight is 197 g/mol. The molecule has 0 unspecified atom stereocenters. The van der Waals surface area contributed by atoms with Crippen molar-refractivity contribution in [3.63, 3.8) is 0 Å². The van der Waals surface area contributed by atoms with Gasteiger partial charge in [0.1, 0.15) is 11.4 Å². The van der Waals surface area contributed by atoms with Crippen molar-refractivity contribution in [1.82, 2.24) is 9.97 Å². The van der Waals surface area contributed by atoms with Crippen molar-refractivity contribution in [3.05, 3.63) is 11.8 Å². The van der Waals surface area contributed by atoms with E-state index in [1.54, 1.807) is 0 Å². The smallest absolute Gasteiger partial charge is 0.341 e. The van der Waals surface area contributed by atoms with Gasteiger partial charge < -0.3 is 16.6 Å². The van der Waals surface area contributed by atoms with Crippen LogP contribution in [0.3, 0.4) is 0 Å². The van der Waals surface area contributed by atoms with Gasteiger partial charge in [-0.3, -0.25) is 5.32 Å². The Bertz CT molecular complexity index is 391. The maximum atomic E-state index is 10.5. The predicted molar refractivity (Wildman–Crippen MR) is 46.6 cm³/mol. The Hall–Kier alpha value is -2.38. The minimum absolute atomic E-state index is 0.139. The number of nitrogens with zero attached hydrogens (tertiary/aromatic N) is 2. The molecule has 0 fully saturated rings. The van der Waals surface area contributed by atoms with Crippen molar-refractivity contribution in [1.29, 1.82) is 0 Å². The number of nitrogen functional groups attached to an aromatic ring is 1. The van der Waals surface area contributed by atoms with E-state index < -0.39 is 12.0 Å². The number of aromatic nitrogens is 2. The topological polar surface area (TPSA) is 144 Å². The Morgan fingerprint density at radius 1 is 1.50 bits per heavy atom. The first kappa shape index (κ1) is 9.71. The zero-order valence-corrected chi connectivity index (χ0v) is 6.89. The zero-order valence-electron chi connectivity index (χ0n) is 6.89. The fourth-order valence-corrected chi connectivity index (χ4v) is 0.730. The summed E-state index contributed by atoms with van der Waals surface area (Å²) in [5.41, 5.74) is 9.82. The summed E-state index contributed by atoms with van der Waals surface area (Å²) >= 11 is 0. The Morgan fingerprint density at radius 3 is 2.57 bits per heavy atom. The molecule has 0 aliphatic carbocycles. The van der Waals surface area contributed by atoms with Crippen LogP contribution in [-0.2, 0) is 0 Å². The van der Waals surface area contributed by atoms with Crippen molar-refractivity contribution >= 4 is 23.8 Å². The maximum Gasteiger partial charge on any atom is 0.341 e. The van der Waals surface area contributed by atoms with Gasteiger partial charge >= 0.3 is 12.0 Å². The molecule has 0 aliphatic rings. The molecule has 1 aromatic rings. The summed E-state index contributed by atoms with van der Waals surface area (Å²) < 4.78 is 0. The van der Waals surface area contributed by atoms with Gasteiger partial charge in [0.25, 0.3) is 0 Å². The Balaban J connectivity index is 3.00. The molecule has 0 aliphatic heterocycles. The highest BCUT2D eigenvalue weighted by Gasteiger charge is 2.10. The largest absolute Gasteiger partial charge is 0.477 e. The van der Waals surface area contributed by atoms with Crippen LogP contribution in [0, 0.1) is 0 Å². The van der Waals surface area contributed by atoms with Crippen LogP contribution >= 0.6 is 0 Å². The third-order valence-corrected chi connectivity index (χ3v) is 1.28. The van der Waals surface area contributed by atoms with E-state index in [-0.39, 0.29) is 17.3 Å². The molecule has 14 heavy (non-hydrogen) atoms. The van der Waals surface area contributed by atoms with Gasteiger partial charge in [-0.05, 0) is 0 Å². The molecule has 1 rings (SSSR count). The molecule has 0 aromatic carbocycles. The number of rotatable bonds is 2. The molecule has 0 atom stereocenters. The summed E-state index contributed by atoms with van der Waals surface area (Å²) in [6, 6.07) is -0.854. The standard InChI is InChI=1S/C6H7N5O3/c7-3-2(4(12)13)1-9-6(10-3)11-5(8)14/h1H,(H,12,13)(H5,7,8,9,10,11,14). The van der Waals surface area contributed by atoms with Gasteiger partial charge in [0, 0.05) is 6.20 Å². The number of hydrogen-bond donors (Lipinski definition) is 4. The number of carbonyl (C=O) groups excluding carboxylic acids is 1. The molecule has 0 saturated heterocycles. The molecule has 0 radical (unpaired) electrons. The van der Waals surface area contributed by atoms with Crippen LogP contribution in [-0.4, -0.2) is 27.1 Å². The third kappa shape index (κ3) is 2.06. The van der Waals surface area contributed by atoms with Crippen LogP contribution < -0.4 is 16.8 Å². The fourth-order valence-electron chi connectivity index (χ4n) is 0.730. The molecule has 0 bridgehead atoms. The van der Waals surface area contributed by atoms with E-state index in [1.807, 2.05) is 0 Å². The number of aromatic carboxylic acids is 1. The van der Waals surface area contributed by atoms with E-state index in [4.69, 9.17) is 16.6 Å². The number of carboxylic acids is 1. The van der Waals surface area contributed by atoms with E-state index in [1.165, 1.54) is 0 Å². The number of nitrogens with one attached hydrogen (secondary N) is 1. The Kier molecular flexibility index (Phi) is 2.47. The molecule has 74 valence electrons. The van der Waals surface area contributed by atoms with Crippen LogP contribution in [0.1, 0.15) is 10.4 Å². The summed E-state index contributed by atoms with van der Waals surface area (Å²) in [6.45, 7) is 0. The molecule has 2 amide bonds. The first-order chi connectivity index (χ1) is 6.50. The molecule has 8 heteroatoms. The molecular weight excluding hydrogens is 190 g/mol. The van der Waals surface area contributed by atoms with Crippen LogP contribution in [0.2, 0.25) is 0 Å². The molecular formula is C6H7N5O3. The Labute approximate surface area is 77.9 Å². The summed E-state index contributed by atoms with van der Waals surface area (Å²) in [7, 11) is 0. The van der Waals surface area contributed by atoms with Gasteiger partial charge in [-0.15, -0.1) is 0 Å². The summed E-state index contributed by atoms with van der Waals surface area (Å²) in [5.74, 6) is -1.62. The van der Waals surface area contributed by atoms with Gasteiger partial charge in [0.2, 0.25) is 5.95 Å². The quantitative estimate of drug-likeness (QED) is 0.490. The highest BCUT2D eigenvalue weighted by molar-refractivity contribution is 5.93. The van der Waals surface area contributed by atoms with Crippen molar-refractivity contribution in [2.45, 2.75) is 0 Å². The van der Waals surface area contributed by atoms with E-state index in [0.29, 0.717) is 0 Å². The molecule has 8 nitrogen and oxygen atoms in total. The van der Waals surface area contributed by atoms with Crippen LogP contribution in [0.15, 0.2) is 6.20 Å². The highest BCUT2D eigenvalue weighted by atomic mass is 16.4. The summed E-state index contributed by atoms with van der Waals surface area (Å²) in [5, 5.41) is 10.6. The van der Waals surface area contributed by atoms with Crippen molar-refractivity contribution in [2.24, 2.45) is 5.73 Å². The molecule has 0 spiro atoms. The second kappa shape index (κ2) is 3.56. The fraction of sp³-hybridized carbons (Fsp3) is 0. The second-order valence-electron chi connectivity index (χ2n) is 2.29. The maximum absolute atomic E-state index is 10.5. The first-order valence-corrected chi connectivity index (χ1v) is 3.43. The molecule has 1 aromatic heterocycles. The van der Waals surface area contributed by atoms with E-state index in [0.717, 1.165) is 6.20 Å². The van der Waals surface area contributed by atoms with E-state index in [2.05, 4.69) is 15.3 Å². The SMILES string of the molecule is NC(=O)Nc1ncc(C(=O)O)c(N)n1. The van der Waals surface area contributed by atoms with Gasteiger partial charge in [-0.1, -0.05) is 0 Å². The van der Waals surface area contributed by atoms with Crippen LogP contribution in [0.5, 0.6) is 0 Å². The zero-order chi connectivity index (χ0) is 10.7.